The van der Waals surface area contributed by atoms with E-state index >= 15 is 0 Å². The number of benzene rings is 1. The second-order valence-electron chi connectivity index (χ2n) is 3.53. The van der Waals surface area contributed by atoms with E-state index in [9.17, 15) is 22.0 Å². The van der Waals surface area contributed by atoms with Crippen LogP contribution in [0, 0.1) is 11.6 Å². The molecule has 0 saturated carbocycles. The van der Waals surface area contributed by atoms with Crippen molar-refractivity contribution in [3.63, 3.8) is 0 Å². The minimum atomic E-state index is -4.48. The smallest absolute Gasteiger partial charge is 0.344 e. The molecule has 0 aliphatic carbocycles. The zero-order valence-corrected chi connectivity index (χ0v) is 12.6. The molecule has 6 nitrogen and oxygen atoms in total. The molecule has 0 aliphatic heterocycles. The van der Waals surface area contributed by atoms with E-state index in [2.05, 4.69) is 25.4 Å². The van der Waals surface area contributed by atoms with Crippen LogP contribution in [0.2, 0.25) is 0 Å². The third-order valence-electron chi connectivity index (χ3n) is 2.14. The fraction of sp³-hybridized carbons (Fsp3) is 0.300. The van der Waals surface area contributed by atoms with Gasteiger partial charge in [-0.1, -0.05) is 0 Å². The first-order chi connectivity index (χ1) is 9.20. The molecule has 0 spiro atoms. The van der Waals surface area contributed by atoms with Crippen molar-refractivity contribution in [1.82, 2.24) is 0 Å². The largest absolute Gasteiger partial charge is 0.459 e. The molecule has 0 amide bonds. The highest BCUT2D eigenvalue weighted by atomic mass is 79.9. The van der Waals surface area contributed by atoms with Gasteiger partial charge in [0.25, 0.3) is 0 Å². The van der Waals surface area contributed by atoms with E-state index in [0.717, 1.165) is 0 Å². The Hall–Kier alpha value is -1.10. The summed E-state index contributed by atoms with van der Waals surface area (Å²) in [7, 11) is -3.14. The van der Waals surface area contributed by atoms with Gasteiger partial charge in [0, 0.05) is 11.6 Å². The Morgan fingerprint density at radius 3 is 2.50 bits per heavy atom. The minimum absolute atomic E-state index is 0.0214. The average Bonchev–Trinajstić information content (AvgIpc) is 2.26. The van der Waals surface area contributed by atoms with Crippen LogP contribution in [0.25, 0.3) is 0 Å². The van der Waals surface area contributed by atoms with Gasteiger partial charge in [0.05, 0.1) is 6.61 Å². The summed E-state index contributed by atoms with van der Waals surface area (Å²) >= 11 is 2.67. The molecule has 20 heavy (non-hydrogen) atoms. The van der Waals surface area contributed by atoms with Crippen LogP contribution >= 0.6 is 15.9 Å². The maximum Gasteiger partial charge on any atom is 0.344 e. The van der Waals surface area contributed by atoms with Crippen LogP contribution in [-0.4, -0.2) is 34.7 Å². The fourth-order valence-corrected chi connectivity index (χ4v) is 3.04. The molecule has 1 aromatic rings. The maximum absolute atomic E-state index is 14.0. The summed E-state index contributed by atoms with van der Waals surface area (Å²) in [4.78, 5) is 10.5. The van der Waals surface area contributed by atoms with Crippen molar-refractivity contribution in [2.24, 2.45) is 5.14 Å². The van der Waals surface area contributed by atoms with E-state index in [0.29, 0.717) is 6.07 Å². The summed E-state index contributed by atoms with van der Waals surface area (Å²) in [5.41, 5.74) is -1.13. The van der Waals surface area contributed by atoms with Crippen molar-refractivity contribution in [2.45, 2.75) is 4.90 Å². The number of sulfonamides is 1. The van der Waals surface area contributed by atoms with Crippen molar-refractivity contribution in [3.8, 4) is 0 Å². The molecule has 0 aromatic heterocycles. The second-order valence-corrected chi connectivity index (χ2v) is 5.88. The van der Waals surface area contributed by atoms with Crippen LogP contribution in [0.5, 0.6) is 0 Å². The molecular weight excluding hydrogens is 364 g/mol. The van der Waals surface area contributed by atoms with Gasteiger partial charge in [0.1, 0.15) is 22.9 Å². The van der Waals surface area contributed by atoms with Crippen LogP contribution in [0.4, 0.5) is 8.78 Å². The molecule has 0 heterocycles. The number of carbonyl (C=O) groups excluding carboxylic acids is 1. The second kappa shape index (κ2) is 6.57. The predicted molar refractivity (Wildman–Crippen MR) is 67.6 cm³/mol. The standard InChI is InChI=1S/C10H10BrF2NO5S/c1-18-2-3-19-10(15)7-6(12)4-5(11)9(8(7)13)20(14,16)17/h4H,2-3H2,1H3,(H2,14,16,17). The van der Waals surface area contributed by atoms with E-state index in [1.807, 2.05) is 0 Å². The first-order valence-corrected chi connectivity index (χ1v) is 7.40. The Bertz CT molecular complexity index is 635. The molecule has 1 rings (SSSR count). The summed E-state index contributed by atoms with van der Waals surface area (Å²) < 4.78 is 58.8. The third-order valence-corrected chi connectivity index (χ3v) is 3.99. The van der Waals surface area contributed by atoms with E-state index in [1.54, 1.807) is 0 Å². The van der Waals surface area contributed by atoms with Gasteiger partial charge < -0.3 is 9.47 Å². The number of hydrogen-bond acceptors (Lipinski definition) is 5. The van der Waals surface area contributed by atoms with Crippen molar-refractivity contribution < 1.29 is 31.5 Å². The molecule has 0 radical (unpaired) electrons. The monoisotopic (exact) mass is 373 g/mol. The van der Waals surface area contributed by atoms with Crippen LogP contribution in [-0.2, 0) is 19.5 Å². The van der Waals surface area contributed by atoms with Crippen LogP contribution in [0.1, 0.15) is 10.4 Å². The minimum Gasteiger partial charge on any atom is -0.459 e. The first kappa shape index (κ1) is 17.0. The van der Waals surface area contributed by atoms with E-state index in [4.69, 9.17) is 5.14 Å². The van der Waals surface area contributed by atoms with Gasteiger partial charge in [-0.2, -0.15) is 0 Å². The highest BCUT2D eigenvalue weighted by Gasteiger charge is 2.29. The summed E-state index contributed by atoms with van der Waals surface area (Å²) in [6.45, 7) is -0.220. The number of hydrogen-bond donors (Lipinski definition) is 1. The third kappa shape index (κ3) is 3.72. The molecule has 0 unspecified atom stereocenters. The fourth-order valence-electron chi connectivity index (χ4n) is 1.31. The Kier molecular flexibility index (Phi) is 5.57. The number of rotatable bonds is 5. The Balaban J connectivity index is 3.31. The number of nitrogens with two attached hydrogens (primary N) is 1. The van der Waals surface area contributed by atoms with Crippen molar-refractivity contribution in [2.75, 3.05) is 20.3 Å². The SMILES string of the molecule is COCCOC(=O)c1c(F)cc(Br)c(S(N)(=O)=O)c1F. The summed E-state index contributed by atoms with van der Waals surface area (Å²) in [6, 6.07) is 0.621. The average molecular weight is 374 g/mol. The molecule has 0 saturated heterocycles. The van der Waals surface area contributed by atoms with Gasteiger partial charge in [0.2, 0.25) is 10.0 Å². The van der Waals surface area contributed by atoms with E-state index < -0.39 is 42.6 Å². The molecule has 0 aliphatic rings. The van der Waals surface area contributed by atoms with Gasteiger partial charge >= 0.3 is 5.97 Å². The van der Waals surface area contributed by atoms with E-state index in [-0.39, 0.29) is 13.2 Å². The molecular formula is C10H10BrF2NO5S. The molecule has 1 aromatic carbocycles. The van der Waals surface area contributed by atoms with Crippen LogP contribution in [0.3, 0.4) is 0 Å². The lowest BCUT2D eigenvalue weighted by atomic mass is 10.2. The lowest BCUT2D eigenvalue weighted by molar-refractivity contribution is 0.0377. The van der Waals surface area contributed by atoms with E-state index in [1.165, 1.54) is 7.11 Å². The quantitative estimate of drug-likeness (QED) is 0.617. The highest BCUT2D eigenvalue weighted by molar-refractivity contribution is 9.10. The summed E-state index contributed by atoms with van der Waals surface area (Å²) in [5.74, 6) is -4.24. The van der Waals surface area contributed by atoms with Crippen LogP contribution < -0.4 is 5.14 Å². The maximum atomic E-state index is 14.0. The van der Waals surface area contributed by atoms with Crippen molar-refractivity contribution in [3.05, 3.63) is 27.7 Å². The number of ether oxygens (including phenoxy) is 2. The Morgan fingerprint density at radius 1 is 1.40 bits per heavy atom. The number of primary sulfonamides is 1. The van der Waals surface area contributed by atoms with Gasteiger partial charge in [-0.25, -0.2) is 27.1 Å². The number of halogens is 3. The summed E-state index contributed by atoms with van der Waals surface area (Å²) in [5, 5.41) is 4.81. The van der Waals surface area contributed by atoms with Crippen molar-refractivity contribution >= 4 is 31.9 Å². The zero-order chi connectivity index (χ0) is 15.5. The zero-order valence-electron chi connectivity index (χ0n) is 10.2. The van der Waals surface area contributed by atoms with Gasteiger partial charge in [-0.15, -0.1) is 0 Å². The van der Waals surface area contributed by atoms with Crippen molar-refractivity contribution in [1.29, 1.82) is 0 Å². The Morgan fingerprint density at radius 2 is 2.00 bits per heavy atom. The van der Waals surface area contributed by atoms with Gasteiger partial charge in [-0.3, -0.25) is 0 Å². The lowest BCUT2D eigenvalue weighted by Crippen LogP contribution is -2.20. The molecule has 0 bridgehead atoms. The highest BCUT2D eigenvalue weighted by Crippen LogP contribution is 2.29. The normalized spacial score (nSPS) is 11.4. The molecule has 2 N–H and O–H groups in total. The number of carbonyl (C=O) groups is 1. The lowest BCUT2D eigenvalue weighted by Gasteiger charge is -2.10. The molecule has 0 fully saturated rings. The molecule has 10 heteroatoms. The number of esters is 1. The first-order valence-electron chi connectivity index (χ1n) is 5.06. The summed E-state index contributed by atoms with van der Waals surface area (Å²) in [6.07, 6.45) is 0. The van der Waals surface area contributed by atoms with Crippen LogP contribution in [0.15, 0.2) is 15.4 Å². The van der Waals surface area contributed by atoms with Gasteiger partial charge in [0.15, 0.2) is 5.82 Å². The molecule has 112 valence electrons. The topological polar surface area (TPSA) is 95.7 Å². The number of methoxy groups -OCH3 is 1. The molecule has 0 atom stereocenters. The Labute approximate surface area is 122 Å². The predicted octanol–water partition coefficient (Wildman–Crippen LogP) is 1.18. The van der Waals surface area contributed by atoms with Gasteiger partial charge in [-0.05, 0) is 22.0 Å².